The van der Waals surface area contributed by atoms with Gasteiger partial charge in [-0.3, -0.25) is 4.79 Å². The van der Waals surface area contributed by atoms with E-state index >= 15 is 0 Å². The number of nitrogens with one attached hydrogen (secondary N) is 1. The van der Waals surface area contributed by atoms with Gasteiger partial charge in [-0.2, -0.15) is 13.5 Å². The normalized spacial score (nSPS) is 14.3. The molecule has 0 saturated heterocycles. The zero-order chi connectivity index (χ0) is 11.4. The van der Waals surface area contributed by atoms with Crippen molar-refractivity contribution < 1.29 is 27.1 Å². The molecular weight excluding hydrogens is 220 g/mol. The minimum Gasteiger partial charge on any atom is -0.480 e. The zero-order valence-electron chi connectivity index (χ0n) is 7.41. The summed E-state index contributed by atoms with van der Waals surface area (Å²) in [7, 11) is -4.83. The summed E-state index contributed by atoms with van der Waals surface area (Å²) in [5.74, 6) is -5.07. The highest BCUT2D eigenvalue weighted by Crippen LogP contribution is 2.06. The molecule has 0 spiro atoms. The van der Waals surface area contributed by atoms with Gasteiger partial charge in [-0.25, -0.2) is 8.42 Å². The van der Waals surface area contributed by atoms with Crippen LogP contribution in [0.3, 0.4) is 0 Å². The molecule has 0 aromatic carbocycles. The van der Waals surface area contributed by atoms with Crippen LogP contribution in [0.4, 0.5) is 8.78 Å². The van der Waals surface area contributed by atoms with Crippen LogP contribution in [-0.4, -0.2) is 31.3 Å². The van der Waals surface area contributed by atoms with Crippen molar-refractivity contribution in [3.05, 3.63) is 0 Å². The molecule has 0 aromatic rings. The van der Waals surface area contributed by atoms with Crippen molar-refractivity contribution in [1.82, 2.24) is 4.72 Å². The fourth-order valence-corrected chi connectivity index (χ4v) is 1.49. The lowest BCUT2D eigenvalue weighted by Gasteiger charge is -2.12. The van der Waals surface area contributed by atoms with Gasteiger partial charge < -0.3 is 5.11 Å². The van der Waals surface area contributed by atoms with Crippen LogP contribution < -0.4 is 4.72 Å². The molecule has 0 amide bonds. The van der Waals surface area contributed by atoms with Gasteiger partial charge in [0.25, 0.3) is 10.0 Å². The third-order valence-corrected chi connectivity index (χ3v) is 2.50. The fraction of sp³-hybridized carbons (Fsp3) is 0.833. The molecule has 0 aromatic heterocycles. The fourth-order valence-electron chi connectivity index (χ4n) is 0.771. The summed E-state index contributed by atoms with van der Waals surface area (Å²) < 4.78 is 46.3. The summed E-state index contributed by atoms with van der Waals surface area (Å²) in [6.07, 6.45) is 0.351. The quantitative estimate of drug-likeness (QED) is 0.692. The Morgan fingerprint density at radius 3 is 2.29 bits per heavy atom. The predicted octanol–water partition coefficient (Wildman–Crippen LogP) is 0.382. The molecule has 0 aliphatic carbocycles. The average Bonchev–Trinajstić information content (AvgIpc) is 2.02. The van der Waals surface area contributed by atoms with Gasteiger partial charge in [-0.1, -0.05) is 13.3 Å². The molecule has 0 saturated carbocycles. The zero-order valence-corrected chi connectivity index (χ0v) is 8.22. The van der Waals surface area contributed by atoms with Crippen molar-refractivity contribution >= 4 is 16.0 Å². The number of carbonyl (C=O) groups is 1. The molecule has 84 valence electrons. The van der Waals surface area contributed by atoms with Crippen molar-refractivity contribution in [3.63, 3.8) is 0 Å². The van der Waals surface area contributed by atoms with Crippen LogP contribution in [-0.2, 0) is 14.8 Å². The van der Waals surface area contributed by atoms with E-state index < -0.39 is 27.8 Å². The van der Waals surface area contributed by atoms with Gasteiger partial charge in [0.1, 0.15) is 6.04 Å². The van der Waals surface area contributed by atoms with E-state index in [-0.39, 0.29) is 6.42 Å². The van der Waals surface area contributed by atoms with E-state index in [0.29, 0.717) is 6.42 Å². The van der Waals surface area contributed by atoms with Crippen molar-refractivity contribution in [2.75, 3.05) is 0 Å². The molecule has 0 fully saturated rings. The molecule has 0 rings (SSSR count). The maximum atomic E-state index is 11.8. The second-order valence-electron chi connectivity index (χ2n) is 2.60. The molecule has 0 aliphatic rings. The van der Waals surface area contributed by atoms with E-state index in [0.717, 1.165) is 0 Å². The van der Waals surface area contributed by atoms with Crippen LogP contribution in [0.1, 0.15) is 19.8 Å². The molecule has 5 nitrogen and oxygen atoms in total. The Morgan fingerprint density at radius 2 is 2.00 bits per heavy atom. The van der Waals surface area contributed by atoms with Crippen molar-refractivity contribution in [3.8, 4) is 0 Å². The first-order valence-electron chi connectivity index (χ1n) is 3.83. The van der Waals surface area contributed by atoms with Gasteiger partial charge in [0.05, 0.1) is 0 Å². The highest BCUT2D eigenvalue weighted by Gasteiger charge is 2.29. The Balaban J connectivity index is 4.53. The van der Waals surface area contributed by atoms with E-state index in [1.807, 2.05) is 0 Å². The first-order valence-corrected chi connectivity index (χ1v) is 5.38. The molecule has 14 heavy (non-hydrogen) atoms. The van der Waals surface area contributed by atoms with Gasteiger partial charge in [-0.15, -0.1) is 0 Å². The maximum Gasteiger partial charge on any atom is 0.350 e. The van der Waals surface area contributed by atoms with E-state index in [1.54, 1.807) is 6.92 Å². The Hall–Kier alpha value is -0.760. The number of sulfonamides is 1. The number of rotatable bonds is 6. The van der Waals surface area contributed by atoms with E-state index in [4.69, 9.17) is 5.11 Å². The number of hydrogen-bond donors (Lipinski definition) is 2. The minimum atomic E-state index is -4.83. The van der Waals surface area contributed by atoms with Crippen LogP contribution in [0.2, 0.25) is 0 Å². The smallest absolute Gasteiger partial charge is 0.350 e. The van der Waals surface area contributed by atoms with Gasteiger partial charge in [-0.05, 0) is 6.42 Å². The topological polar surface area (TPSA) is 83.5 Å². The summed E-state index contributed by atoms with van der Waals surface area (Å²) in [6, 6.07) is -1.49. The molecule has 0 bridgehead atoms. The molecule has 8 heteroatoms. The number of hydrogen-bond acceptors (Lipinski definition) is 3. The minimum absolute atomic E-state index is 0.0265. The lowest BCUT2D eigenvalue weighted by atomic mass is 10.2. The molecule has 1 atom stereocenters. The molecule has 1 unspecified atom stereocenters. The SMILES string of the molecule is CCCC(NS(=O)(=O)C(F)F)C(=O)O. The first-order chi connectivity index (χ1) is 6.31. The van der Waals surface area contributed by atoms with Crippen molar-refractivity contribution in [2.45, 2.75) is 31.6 Å². The second-order valence-corrected chi connectivity index (χ2v) is 4.29. The monoisotopic (exact) mass is 231 g/mol. The molecule has 0 aliphatic heterocycles. The van der Waals surface area contributed by atoms with Crippen LogP contribution in [0, 0.1) is 0 Å². The summed E-state index contributed by atoms with van der Waals surface area (Å²) in [6.45, 7) is 1.62. The Morgan fingerprint density at radius 1 is 1.50 bits per heavy atom. The van der Waals surface area contributed by atoms with E-state index in [2.05, 4.69) is 0 Å². The third kappa shape index (κ3) is 3.97. The third-order valence-electron chi connectivity index (χ3n) is 1.42. The van der Waals surface area contributed by atoms with Gasteiger partial charge in [0.2, 0.25) is 0 Å². The summed E-state index contributed by atoms with van der Waals surface area (Å²) in [5.41, 5.74) is 0. The van der Waals surface area contributed by atoms with Crippen molar-refractivity contribution in [2.24, 2.45) is 0 Å². The number of aliphatic carboxylic acids is 1. The Labute approximate surface area is 80.2 Å². The molecule has 2 N–H and O–H groups in total. The second kappa shape index (κ2) is 5.20. The summed E-state index contributed by atoms with van der Waals surface area (Å²) in [4.78, 5) is 10.4. The van der Waals surface area contributed by atoms with Gasteiger partial charge in [0, 0.05) is 0 Å². The van der Waals surface area contributed by atoms with Crippen LogP contribution in [0.25, 0.3) is 0 Å². The van der Waals surface area contributed by atoms with Gasteiger partial charge in [0.15, 0.2) is 0 Å². The Bertz CT molecular complexity index is 290. The first kappa shape index (κ1) is 13.2. The summed E-state index contributed by atoms with van der Waals surface area (Å²) in [5, 5.41) is 8.48. The highest BCUT2D eigenvalue weighted by molar-refractivity contribution is 7.89. The van der Waals surface area contributed by atoms with Crippen molar-refractivity contribution in [1.29, 1.82) is 0 Å². The highest BCUT2D eigenvalue weighted by atomic mass is 32.2. The molecular formula is C6H11F2NO4S. The van der Waals surface area contributed by atoms with E-state index in [9.17, 15) is 22.0 Å². The molecule has 0 heterocycles. The Kier molecular flexibility index (Phi) is 4.92. The molecule has 0 radical (unpaired) electrons. The predicted molar refractivity (Wildman–Crippen MR) is 44.4 cm³/mol. The number of carboxylic acid groups (broad SMARTS) is 1. The number of halogens is 2. The lowest BCUT2D eigenvalue weighted by molar-refractivity contribution is -0.139. The largest absolute Gasteiger partial charge is 0.480 e. The maximum absolute atomic E-state index is 11.8. The standard InChI is InChI=1S/C6H11F2NO4S/c1-2-3-4(5(10)11)9-14(12,13)6(7)8/h4,6,9H,2-3H2,1H3,(H,10,11). The average molecular weight is 231 g/mol. The number of carboxylic acids is 1. The van der Waals surface area contributed by atoms with Crippen LogP contribution in [0.15, 0.2) is 0 Å². The number of alkyl halides is 2. The van der Waals surface area contributed by atoms with E-state index in [1.165, 1.54) is 4.72 Å². The van der Waals surface area contributed by atoms with Gasteiger partial charge >= 0.3 is 11.7 Å². The van der Waals surface area contributed by atoms with Crippen LogP contribution in [0.5, 0.6) is 0 Å². The van der Waals surface area contributed by atoms with Crippen LogP contribution >= 0.6 is 0 Å². The summed E-state index contributed by atoms with van der Waals surface area (Å²) >= 11 is 0. The lowest BCUT2D eigenvalue weighted by Crippen LogP contribution is -2.43.